The first-order valence-corrected chi connectivity index (χ1v) is 2.71. The summed E-state index contributed by atoms with van der Waals surface area (Å²) in [7, 11) is 0. The molecule has 0 N–H and O–H groups in total. The van der Waals surface area contributed by atoms with Gasteiger partial charge in [0.15, 0.2) is 0 Å². The summed E-state index contributed by atoms with van der Waals surface area (Å²) in [6.07, 6.45) is 1.58. The summed E-state index contributed by atoms with van der Waals surface area (Å²) in [6.45, 7) is 1.42. The molecule has 0 saturated carbocycles. The lowest BCUT2D eigenvalue weighted by Crippen LogP contribution is -2.15. The molecule has 0 aromatic heterocycles. The van der Waals surface area contributed by atoms with E-state index in [4.69, 9.17) is 10.3 Å². The Kier molecular flexibility index (Phi) is 1.78. The molecule has 0 radical (unpaired) electrons. The topological polar surface area (TPSA) is 45.6 Å². The van der Waals surface area contributed by atoms with Crippen LogP contribution >= 0.6 is 0 Å². The largest absolute Gasteiger partial charge is 0.380 e. The van der Waals surface area contributed by atoms with Crippen LogP contribution in [0.1, 0.15) is 12.8 Å². The Balaban J connectivity index is 2.45. The highest BCUT2D eigenvalue weighted by Crippen LogP contribution is 1.98. The summed E-state index contributed by atoms with van der Waals surface area (Å²) in [5.41, 5.74) is 9.08. The van der Waals surface area contributed by atoms with E-state index in [1.165, 1.54) is 0 Å². The van der Waals surface area contributed by atoms with Crippen molar-refractivity contribution in [3.63, 3.8) is 0 Å². The van der Waals surface area contributed by atoms with Crippen LogP contribution in [0.15, 0.2) is 0 Å². The van der Waals surface area contributed by atoms with Crippen LogP contribution in [0.5, 0.6) is 0 Å². The van der Waals surface area contributed by atoms with Crippen LogP contribution in [-0.4, -0.2) is 23.7 Å². The summed E-state index contributed by atoms with van der Waals surface area (Å²) < 4.78 is 5.01. The molecule has 1 fully saturated rings. The number of nitrogens with zero attached hydrogens (tertiary/aromatic N) is 2. The predicted molar refractivity (Wildman–Crippen MR) is 28.7 cm³/mol. The van der Waals surface area contributed by atoms with E-state index in [0.717, 1.165) is 18.6 Å². The Bertz CT molecular complexity index is 118. The first-order valence-electron chi connectivity index (χ1n) is 2.71. The molecule has 0 unspecified atom stereocenters. The van der Waals surface area contributed by atoms with Crippen molar-refractivity contribution in [3.8, 4) is 0 Å². The van der Waals surface area contributed by atoms with Gasteiger partial charge in [-0.05, 0) is 0 Å². The van der Waals surface area contributed by atoms with Gasteiger partial charge in [-0.25, -0.2) is 0 Å². The lowest BCUT2D eigenvalue weighted by molar-refractivity contribution is -0.0224. The molecule has 0 aromatic carbocycles. The van der Waals surface area contributed by atoms with E-state index >= 15 is 0 Å². The van der Waals surface area contributed by atoms with Crippen LogP contribution in [-0.2, 0) is 4.74 Å². The third-order valence-corrected chi connectivity index (χ3v) is 1.21. The van der Waals surface area contributed by atoms with Crippen LogP contribution in [0, 0.1) is 0 Å². The molecule has 3 nitrogen and oxygen atoms in total. The van der Waals surface area contributed by atoms with E-state index in [-0.39, 0.29) is 0 Å². The zero-order valence-electron chi connectivity index (χ0n) is 4.63. The maximum Gasteiger partial charge on any atom is 0.273 e. The zero-order valence-corrected chi connectivity index (χ0v) is 4.63. The molecule has 1 rings (SSSR count). The first-order chi connectivity index (χ1) is 3.93. The fraction of sp³-hybridized carbons (Fsp3) is 0.800. The Morgan fingerprint density at radius 3 is 2.38 bits per heavy atom. The van der Waals surface area contributed by atoms with E-state index < -0.39 is 0 Å². The maximum atomic E-state index is 8.22. The number of ether oxygens (including phenoxy) is 1. The summed E-state index contributed by atoms with van der Waals surface area (Å²) in [5, 5.41) is 0. The Morgan fingerprint density at radius 2 is 2.00 bits per heavy atom. The second-order valence-electron chi connectivity index (χ2n) is 1.78. The molecule has 0 aromatic rings. The van der Waals surface area contributed by atoms with Crippen molar-refractivity contribution >= 4 is 5.71 Å². The highest BCUT2D eigenvalue weighted by molar-refractivity contribution is 5.79. The third-order valence-electron chi connectivity index (χ3n) is 1.21. The van der Waals surface area contributed by atoms with Crippen molar-refractivity contribution in [1.82, 2.24) is 0 Å². The molecule has 1 aliphatic rings. The molecule has 0 aliphatic carbocycles. The SMILES string of the molecule is [N-]=[N+]=C1CCOCC1. The van der Waals surface area contributed by atoms with Gasteiger partial charge in [0.2, 0.25) is 0 Å². The van der Waals surface area contributed by atoms with Crippen molar-refractivity contribution in [2.45, 2.75) is 12.8 Å². The minimum Gasteiger partial charge on any atom is -0.380 e. The van der Waals surface area contributed by atoms with Crippen molar-refractivity contribution in [2.24, 2.45) is 0 Å². The summed E-state index contributed by atoms with van der Waals surface area (Å²) in [5.74, 6) is 0. The van der Waals surface area contributed by atoms with Gasteiger partial charge in [-0.15, -0.1) is 0 Å². The number of rotatable bonds is 0. The molecule has 1 aliphatic heterocycles. The lowest BCUT2D eigenvalue weighted by atomic mass is 10.2. The summed E-state index contributed by atoms with van der Waals surface area (Å²) in [4.78, 5) is 3.08. The molecule has 44 valence electrons. The highest BCUT2D eigenvalue weighted by atomic mass is 16.5. The predicted octanol–water partition coefficient (Wildman–Crippen LogP) is 0.468. The summed E-state index contributed by atoms with van der Waals surface area (Å²) in [6, 6.07) is 0. The molecule has 0 bridgehead atoms. The maximum absolute atomic E-state index is 8.22. The second kappa shape index (κ2) is 2.60. The van der Waals surface area contributed by atoms with Gasteiger partial charge in [0, 0.05) is 0 Å². The van der Waals surface area contributed by atoms with E-state index in [1.807, 2.05) is 0 Å². The van der Waals surface area contributed by atoms with Crippen LogP contribution in [0.25, 0.3) is 5.53 Å². The minimum atomic E-state index is 0.708. The highest BCUT2D eigenvalue weighted by Gasteiger charge is 2.12. The van der Waals surface area contributed by atoms with Gasteiger partial charge in [-0.2, -0.15) is 4.79 Å². The minimum absolute atomic E-state index is 0.708. The van der Waals surface area contributed by atoms with Crippen LogP contribution in [0.2, 0.25) is 0 Å². The average Bonchev–Trinajstić information content (AvgIpc) is 1.90. The monoisotopic (exact) mass is 112 g/mol. The molecule has 0 spiro atoms. The molecule has 0 atom stereocenters. The molecule has 0 amide bonds. The standard InChI is InChI=1S/C5H8N2O/c6-7-5-1-3-8-4-2-5/h1-4H2. The lowest BCUT2D eigenvalue weighted by Gasteiger charge is -2.04. The van der Waals surface area contributed by atoms with Gasteiger partial charge in [0.05, 0.1) is 26.1 Å². The van der Waals surface area contributed by atoms with Crippen LogP contribution in [0.3, 0.4) is 0 Å². The van der Waals surface area contributed by atoms with E-state index in [0.29, 0.717) is 13.2 Å². The average molecular weight is 112 g/mol. The van der Waals surface area contributed by atoms with Gasteiger partial charge >= 0.3 is 0 Å². The van der Waals surface area contributed by atoms with Crippen molar-refractivity contribution in [2.75, 3.05) is 13.2 Å². The quantitative estimate of drug-likeness (QED) is 0.332. The van der Waals surface area contributed by atoms with E-state index in [1.54, 1.807) is 0 Å². The van der Waals surface area contributed by atoms with Gasteiger partial charge in [0.1, 0.15) is 0 Å². The molecular formula is C5H8N2O. The van der Waals surface area contributed by atoms with Crippen molar-refractivity contribution in [3.05, 3.63) is 5.53 Å². The first kappa shape index (κ1) is 5.48. The van der Waals surface area contributed by atoms with E-state index in [2.05, 4.69) is 4.79 Å². The smallest absolute Gasteiger partial charge is 0.273 e. The normalized spacial score (nSPS) is 20.2. The molecular weight excluding hydrogens is 104 g/mol. The molecule has 8 heavy (non-hydrogen) atoms. The van der Waals surface area contributed by atoms with Crippen LogP contribution < -0.4 is 0 Å². The van der Waals surface area contributed by atoms with Gasteiger partial charge in [-0.3, -0.25) is 0 Å². The molecule has 3 heteroatoms. The third kappa shape index (κ3) is 1.15. The molecule has 1 heterocycles. The van der Waals surface area contributed by atoms with Gasteiger partial charge in [0.25, 0.3) is 5.71 Å². The summed E-state index contributed by atoms with van der Waals surface area (Å²) >= 11 is 0. The number of hydrogen-bond donors (Lipinski definition) is 0. The van der Waals surface area contributed by atoms with Gasteiger partial charge in [-0.1, -0.05) is 0 Å². The zero-order chi connectivity index (χ0) is 5.82. The van der Waals surface area contributed by atoms with E-state index in [9.17, 15) is 0 Å². The second-order valence-corrected chi connectivity index (χ2v) is 1.78. The molecule has 1 saturated heterocycles. The Morgan fingerprint density at radius 1 is 1.38 bits per heavy atom. The van der Waals surface area contributed by atoms with Crippen molar-refractivity contribution < 1.29 is 9.53 Å². The van der Waals surface area contributed by atoms with Gasteiger partial charge < -0.3 is 10.3 Å². The Hall–Kier alpha value is -0.660. The fourth-order valence-electron chi connectivity index (χ4n) is 0.707. The fourth-order valence-corrected chi connectivity index (χ4v) is 0.707. The Labute approximate surface area is 47.9 Å². The van der Waals surface area contributed by atoms with Crippen molar-refractivity contribution in [1.29, 1.82) is 0 Å². The van der Waals surface area contributed by atoms with Crippen LogP contribution in [0.4, 0.5) is 0 Å². The number of hydrogen-bond acceptors (Lipinski definition) is 1.